The van der Waals surface area contributed by atoms with Crippen molar-refractivity contribution in [2.24, 2.45) is 16.6 Å². The summed E-state index contributed by atoms with van der Waals surface area (Å²) >= 11 is 1.26. The zero-order valence-electron chi connectivity index (χ0n) is 13.8. The number of thioether (sulfide) groups is 1. The van der Waals surface area contributed by atoms with Crippen LogP contribution < -0.4 is 5.73 Å². The minimum absolute atomic E-state index is 0.248. The molecule has 0 saturated heterocycles. The normalized spacial score (nSPS) is 32.4. The molecule has 0 radical (unpaired) electrons. The molecule has 0 aromatic heterocycles. The molecule has 0 aromatic rings. The number of nitrogens with zero attached hydrogens (tertiary/aromatic N) is 1. The van der Waals surface area contributed by atoms with E-state index in [9.17, 15) is 17.6 Å². The zero-order valence-corrected chi connectivity index (χ0v) is 14.6. The Hall–Kier alpha value is -1.34. The summed E-state index contributed by atoms with van der Waals surface area (Å²) in [5.74, 6) is -0.376. The van der Waals surface area contributed by atoms with Crippen molar-refractivity contribution in [3.05, 3.63) is 47.1 Å². The first-order valence-corrected chi connectivity index (χ1v) is 9.22. The standard InChI is InChI=1S/C18H20F4N2S/c1-10-16(23)15-12(6-4-8-14(15)19)17(24-10)25-9-11-5-2-3-7-13(11)18(20,21)22/h2-4,6-7,10-11,14,16H,5,8-9,23H2,1H3/t10?,11?,14?,16-/m0/s1. The van der Waals surface area contributed by atoms with Gasteiger partial charge in [-0.05, 0) is 18.9 Å². The lowest BCUT2D eigenvalue weighted by Gasteiger charge is -2.32. The van der Waals surface area contributed by atoms with Gasteiger partial charge < -0.3 is 5.73 Å². The number of aliphatic imine (C=N–C) groups is 1. The fourth-order valence-electron chi connectivity index (χ4n) is 3.33. The Bertz CT molecular complexity index is 688. The third kappa shape index (κ3) is 3.77. The molecule has 3 rings (SSSR count). The maximum absolute atomic E-state index is 14.3. The van der Waals surface area contributed by atoms with Crippen LogP contribution in [0.25, 0.3) is 0 Å². The number of halogens is 4. The largest absolute Gasteiger partial charge is 0.413 e. The molecule has 3 unspecified atom stereocenters. The van der Waals surface area contributed by atoms with E-state index in [4.69, 9.17) is 5.73 Å². The summed E-state index contributed by atoms with van der Waals surface area (Å²) in [6.45, 7) is 1.81. The van der Waals surface area contributed by atoms with Crippen molar-refractivity contribution in [1.29, 1.82) is 0 Å². The minimum atomic E-state index is -4.33. The van der Waals surface area contributed by atoms with Gasteiger partial charge in [-0.2, -0.15) is 13.2 Å². The fourth-order valence-corrected chi connectivity index (χ4v) is 4.59. The number of rotatable bonds is 2. The summed E-state index contributed by atoms with van der Waals surface area (Å²) in [5.41, 5.74) is 6.76. The van der Waals surface area contributed by atoms with Crippen LogP contribution in [0.5, 0.6) is 0 Å². The molecule has 3 aliphatic rings. The Morgan fingerprint density at radius 3 is 2.76 bits per heavy atom. The maximum Gasteiger partial charge on any atom is 0.413 e. The van der Waals surface area contributed by atoms with E-state index >= 15 is 0 Å². The molecule has 1 heterocycles. The Labute approximate surface area is 148 Å². The molecule has 2 nitrogen and oxygen atoms in total. The second-order valence-corrected chi connectivity index (χ2v) is 7.48. The van der Waals surface area contributed by atoms with Crippen LogP contribution in [0.3, 0.4) is 0 Å². The van der Waals surface area contributed by atoms with Gasteiger partial charge in [0, 0.05) is 29.2 Å². The molecule has 0 bridgehead atoms. The van der Waals surface area contributed by atoms with Crippen molar-refractivity contribution < 1.29 is 17.6 Å². The first kappa shape index (κ1) is 18.5. The number of allylic oxidation sites excluding steroid dienone is 6. The average molecular weight is 372 g/mol. The van der Waals surface area contributed by atoms with Gasteiger partial charge in [-0.25, -0.2) is 4.39 Å². The van der Waals surface area contributed by atoms with Gasteiger partial charge in [-0.3, -0.25) is 4.99 Å². The van der Waals surface area contributed by atoms with Crippen LogP contribution in [-0.4, -0.2) is 35.2 Å². The van der Waals surface area contributed by atoms with Crippen LogP contribution in [0.1, 0.15) is 19.8 Å². The molecule has 0 aromatic carbocycles. The third-order valence-electron chi connectivity index (χ3n) is 4.73. The molecule has 1 aliphatic heterocycles. The van der Waals surface area contributed by atoms with Crippen molar-refractivity contribution in [3.8, 4) is 0 Å². The molecule has 25 heavy (non-hydrogen) atoms. The van der Waals surface area contributed by atoms with E-state index in [1.54, 1.807) is 18.2 Å². The lowest BCUT2D eigenvalue weighted by Crippen LogP contribution is -2.42. The van der Waals surface area contributed by atoms with Gasteiger partial charge in [0.2, 0.25) is 0 Å². The van der Waals surface area contributed by atoms with Crippen LogP contribution in [0, 0.1) is 5.92 Å². The van der Waals surface area contributed by atoms with E-state index in [0.29, 0.717) is 22.6 Å². The average Bonchev–Trinajstić information content (AvgIpc) is 2.56. The van der Waals surface area contributed by atoms with Gasteiger partial charge in [0.05, 0.1) is 17.1 Å². The van der Waals surface area contributed by atoms with Crippen LogP contribution in [0.4, 0.5) is 17.6 Å². The van der Waals surface area contributed by atoms with Gasteiger partial charge in [0.1, 0.15) is 6.17 Å². The highest BCUT2D eigenvalue weighted by Gasteiger charge is 2.39. The number of hydrogen-bond donors (Lipinski definition) is 1. The van der Waals surface area contributed by atoms with Gasteiger partial charge >= 0.3 is 6.18 Å². The number of nitrogens with two attached hydrogens (primary N) is 1. The summed E-state index contributed by atoms with van der Waals surface area (Å²) in [6.07, 6.45) is 2.99. The third-order valence-corrected chi connectivity index (χ3v) is 5.89. The monoisotopic (exact) mass is 372 g/mol. The Kier molecular flexibility index (Phi) is 5.25. The highest BCUT2D eigenvalue weighted by molar-refractivity contribution is 8.14. The molecule has 2 aliphatic carbocycles. The van der Waals surface area contributed by atoms with Crippen molar-refractivity contribution in [1.82, 2.24) is 0 Å². The number of hydrogen-bond acceptors (Lipinski definition) is 3. The molecule has 0 saturated carbocycles. The molecule has 4 atom stereocenters. The number of dihydropyridines is 1. The van der Waals surface area contributed by atoms with Gasteiger partial charge in [-0.1, -0.05) is 30.4 Å². The van der Waals surface area contributed by atoms with Crippen molar-refractivity contribution in [3.63, 3.8) is 0 Å². The smallest absolute Gasteiger partial charge is 0.322 e. The summed E-state index contributed by atoms with van der Waals surface area (Å²) in [6, 6.07) is -0.766. The second kappa shape index (κ2) is 7.11. The van der Waals surface area contributed by atoms with Crippen LogP contribution in [-0.2, 0) is 0 Å². The highest BCUT2D eigenvalue weighted by atomic mass is 32.2. The molecule has 136 valence electrons. The predicted octanol–water partition coefficient (Wildman–Crippen LogP) is 4.51. The van der Waals surface area contributed by atoms with Crippen LogP contribution in [0.15, 0.2) is 52.1 Å². The molecular weight excluding hydrogens is 352 g/mol. The number of alkyl halides is 4. The van der Waals surface area contributed by atoms with Crippen molar-refractivity contribution in [2.45, 2.75) is 44.2 Å². The lowest BCUT2D eigenvalue weighted by molar-refractivity contribution is -0.0982. The molecule has 2 N–H and O–H groups in total. The molecule has 0 amide bonds. The molecule has 7 heteroatoms. The van der Waals surface area contributed by atoms with Crippen molar-refractivity contribution in [2.75, 3.05) is 5.75 Å². The van der Waals surface area contributed by atoms with Gasteiger partial charge in [-0.15, -0.1) is 11.8 Å². The first-order valence-electron chi connectivity index (χ1n) is 8.24. The molecular formula is C18H20F4N2S. The van der Waals surface area contributed by atoms with E-state index in [2.05, 4.69) is 4.99 Å². The van der Waals surface area contributed by atoms with E-state index in [-0.39, 0.29) is 18.2 Å². The Morgan fingerprint density at radius 2 is 2.04 bits per heavy atom. The minimum Gasteiger partial charge on any atom is -0.322 e. The van der Waals surface area contributed by atoms with Gasteiger partial charge in [0.15, 0.2) is 0 Å². The topological polar surface area (TPSA) is 38.4 Å². The highest BCUT2D eigenvalue weighted by Crippen LogP contribution is 2.39. The van der Waals surface area contributed by atoms with E-state index < -0.39 is 29.9 Å². The van der Waals surface area contributed by atoms with E-state index in [1.165, 1.54) is 17.8 Å². The fraction of sp³-hybridized carbons (Fsp3) is 0.500. The Balaban J connectivity index is 1.79. The summed E-state index contributed by atoms with van der Waals surface area (Å²) in [7, 11) is 0. The maximum atomic E-state index is 14.3. The summed E-state index contributed by atoms with van der Waals surface area (Å²) < 4.78 is 53.8. The SMILES string of the molecule is CC1N=C(SCC2CC=CC=C2C(F)(F)F)C2=C(C(F)CC=C2)[C@H]1N. The first-order chi connectivity index (χ1) is 11.8. The zero-order chi connectivity index (χ0) is 18.2. The molecule has 0 spiro atoms. The lowest BCUT2D eigenvalue weighted by atomic mass is 9.86. The quantitative estimate of drug-likeness (QED) is 0.725. The van der Waals surface area contributed by atoms with Gasteiger partial charge in [0.25, 0.3) is 0 Å². The van der Waals surface area contributed by atoms with Crippen LogP contribution >= 0.6 is 11.8 Å². The Morgan fingerprint density at radius 1 is 1.28 bits per heavy atom. The predicted molar refractivity (Wildman–Crippen MR) is 94.4 cm³/mol. The summed E-state index contributed by atoms with van der Waals surface area (Å²) in [5, 5.41) is 0.596. The van der Waals surface area contributed by atoms with E-state index in [0.717, 1.165) is 6.08 Å². The molecule has 0 fully saturated rings. The van der Waals surface area contributed by atoms with E-state index in [1.807, 2.05) is 6.92 Å². The van der Waals surface area contributed by atoms with Crippen molar-refractivity contribution >= 4 is 16.8 Å². The second-order valence-electron chi connectivity index (χ2n) is 6.47. The summed E-state index contributed by atoms with van der Waals surface area (Å²) in [4.78, 5) is 4.51. The van der Waals surface area contributed by atoms with Crippen LogP contribution in [0.2, 0.25) is 0 Å².